The Bertz CT molecular complexity index is 1530. The first kappa shape index (κ1) is 45.3. The van der Waals surface area contributed by atoms with Gasteiger partial charge in [-0.1, -0.05) is 83.6 Å². The molecule has 0 aromatic heterocycles. The van der Waals surface area contributed by atoms with Crippen molar-refractivity contribution in [1.29, 1.82) is 0 Å². The zero-order chi connectivity index (χ0) is 39.9. The molecule has 0 spiro atoms. The molecule has 0 bridgehead atoms. The number of aryl methyl sites for hydroxylation is 4. The second-order valence-corrected chi connectivity index (χ2v) is 13.5. The number of carbonyl (C=O) groups is 4. The fraction of sp³-hybridized carbons (Fsp3) is 0.500. The number of ether oxygens (including phenoxy) is 6. The van der Waals surface area contributed by atoms with Gasteiger partial charge in [-0.25, -0.2) is 9.59 Å². The molecule has 10 heteroatoms. The van der Waals surface area contributed by atoms with Gasteiger partial charge in [-0.15, -0.1) is 0 Å². The monoisotopic (exact) mass is 748 g/mol. The lowest BCUT2D eigenvalue weighted by atomic mass is 10.0. The second-order valence-electron chi connectivity index (χ2n) is 13.5. The van der Waals surface area contributed by atoms with Gasteiger partial charge in [0, 0.05) is 25.5 Å². The number of esters is 4. The SMILES string of the molecule is C=CC(=O)OCC(COc1c(C)cc(/C=C/c2cc(C)c(OCC(COC(=O)C=C)OC(=O)CCCCCCCCCCC)c(C)c2)cc1C)OC(C)=O. The third-order valence-corrected chi connectivity index (χ3v) is 8.53. The Morgan fingerprint density at radius 2 is 0.981 bits per heavy atom. The van der Waals surface area contributed by atoms with E-state index in [9.17, 15) is 19.2 Å². The van der Waals surface area contributed by atoms with Gasteiger partial charge in [0.1, 0.15) is 37.9 Å². The van der Waals surface area contributed by atoms with Crippen molar-refractivity contribution < 1.29 is 47.6 Å². The van der Waals surface area contributed by atoms with Crippen LogP contribution in [0.1, 0.15) is 111 Å². The van der Waals surface area contributed by atoms with E-state index >= 15 is 0 Å². The molecule has 0 fully saturated rings. The minimum absolute atomic E-state index is 0.0103. The van der Waals surface area contributed by atoms with E-state index in [0.717, 1.165) is 64.8 Å². The molecule has 0 aliphatic rings. The van der Waals surface area contributed by atoms with Crippen LogP contribution in [0.5, 0.6) is 11.5 Å². The molecule has 0 saturated carbocycles. The van der Waals surface area contributed by atoms with Gasteiger partial charge in [0.2, 0.25) is 0 Å². The molecule has 2 rings (SSSR count). The predicted octanol–water partition coefficient (Wildman–Crippen LogP) is 9.07. The normalized spacial score (nSPS) is 12.0. The molecule has 0 heterocycles. The summed E-state index contributed by atoms with van der Waals surface area (Å²) >= 11 is 0. The molecule has 0 radical (unpaired) electrons. The van der Waals surface area contributed by atoms with E-state index in [1.807, 2.05) is 64.1 Å². The van der Waals surface area contributed by atoms with E-state index in [0.29, 0.717) is 17.9 Å². The maximum atomic E-state index is 12.7. The summed E-state index contributed by atoms with van der Waals surface area (Å²) < 4.78 is 33.4. The molecule has 2 aromatic rings. The Balaban J connectivity index is 2.02. The zero-order valence-electron chi connectivity index (χ0n) is 33.2. The summed E-state index contributed by atoms with van der Waals surface area (Å²) in [7, 11) is 0. The van der Waals surface area contributed by atoms with Gasteiger partial charge in [-0.2, -0.15) is 0 Å². The van der Waals surface area contributed by atoms with Crippen molar-refractivity contribution >= 4 is 36.0 Å². The van der Waals surface area contributed by atoms with Crippen LogP contribution in [0.3, 0.4) is 0 Å². The molecule has 0 saturated heterocycles. The molecule has 0 aliphatic heterocycles. The van der Waals surface area contributed by atoms with Crippen molar-refractivity contribution in [2.24, 2.45) is 0 Å². The van der Waals surface area contributed by atoms with Crippen LogP contribution in [0.15, 0.2) is 49.6 Å². The first-order valence-electron chi connectivity index (χ1n) is 19.0. The van der Waals surface area contributed by atoms with Crippen LogP contribution in [-0.2, 0) is 38.1 Å². The quantitative estimate of drug-likeness (QED) is 0.0303. The van der Waals surface area contributed by atoms with E-state index in [1.165, 1.54) is 45.4 Å². The summed E-state index contributed by atoms with van der Waals surface area (Å²) in [5.74, 6) is -0.729. The summed E-state index contributed by atoms with van der Waals surface area (Å²) in [4.78, 5) is 47.5. The molecule has 296 valence electrons. The lowest BCUT2D eigenvalue weighted by molar-refractivity contribution is -0.158. The number of hydrogen-bond donors (Lipinski definition) is 0. The summed E-state index contributed by atoms with van der Waals surface area (Å²) in [5.41, 5.74) is 5.50. The first-order valence-corrected chi connectivity index (χ1v) is 19.0. The Kier molecular flexibility index (Phi) is 21.1. The van der Waals surface area contributed by atoms with E-state index in [-0.39, 0.29) is 32.4 Å². The van der Waals surface area contributed by atoms with Gasteiger partial charge in [-0.3, -0.25) is 9.59 Å². The number of carbonyl (C=O) groups excluding carboxylic acids is 4. The maximum absolute atomic E-state index is 12.7. The summed E-state index contributed by atoms with van der Waals surface area (Å²) in [6, 6.07) is 8.00. The van der Waals surface area contributed by atoms with Crippen molar-refractivity contribution in [3.8, 4) is 11.5 Å². The van der Waals surface area contributed by atoms with E-state index in [1.54, 1.807) is 0 Å². The Hall–Kier alpha value is -4.86. The fourth-order valence-electron chi connectivity index (χ4n) is 5.92. The van der Waals surface area contributed by atoms with E-state index < -0.39 is 30.1 Å². The number of hydrogen-bond acceptors (Lipinski definition) is 10. The highest BCUT2D eigenvalue weighted by molar-refractivity contribution is 5.81. The summed E-state index contributed by atoms with van der Waals surface area (Å²) in [6.45, 7) is 17.8. The predicted molar refractivity (Wildman–Crippen MR) is 211 cm³/mol. The lowest BCUT2D eigenvalue weighted by Crippen LogP contribution is -2.31. The average Bonchev–Trinajstić information content (AvgIpc) is 3.12. The lowest BCUT2D eigenvalue weighted by Gasteiger charge is -2.20. The molecule has 54 heavy (non-hydrogen) atoms. The van der Waals surface area contributed by atoms with Crippen molar-refractivity contribution in [2.75, 3.05) is 26.4 Å². The van der Waals surface area contributed by atoms with Crippen LogP contribution in [0.25, 0.3) is 12.2 Å². The van der Waals surface area contributed by atoms with Crippen LogP contribution < -0.4 is 9.47 Å². The number of unbranched alkanes of at least 4 members (excludes halogenated alkanes) is 8. The average molecular weight is 749 g/mol. The molecule has 2 atom stereocenters. The van der Waals surface area contributed by atoms with Gasteiger partial charge in [-0.05, 0) is 91.8 Å². The molecule has 0 N–H and O–H groups in total. The van der Waals surface area contributed by atoms with Crippen LogP contribution >= 0.6 is 0 Å². The molecule has 10 nitrogen and oxygen atoms in total. The van der Waals surface area contributed by atoms with Gasteiger partial charge < -0.3 is 28.4 Å². The largest absolute Gasteiger partial charge is 0.489 e. The second kappa shape index (κ2) is 25.2. The first-order chi connectivity index (χ1) is 25.9. The van der Waals surface area contributed by atoms with Gasteiger partial charge >= 0.3 is 23.9 Å². The number of rotatable bonds is 26. The molecule has 0 aliphatic carbocycles. The smallest absolute Gasteiger partial charge is 0.330 e. The van der Waals surface area contributed by atoms with E-state index in [2.05, 4.69) is 20.1 Å². The van der Waals surface area contributed by atoms with Crippen molar-refractivity contribution in [3.63, 3.8) is 0 Å². The third kappa shape index (κ3) is 17.8. The molecular formula is C44H60O10. The summed E-state index contributed by atoms with van der Waals surface area (Å²) in [5, 5.41) is 0. The molecule has 2 aromatic carbocycles. The molecular weight excluding hydrogens is 688 g/mol. The van der Waals surface area contributed by atoms with Gasteiger partial charge in [0.15, 0.2) is 12.2 Å². The van der Waals surface area contributed by atoms with Crippen molar-refractivity contribution in [3.05, 3.63) is 83.0 Å². The molecule has 0 amide bonds. The zero-order valence-corrected chi connectivity index (χ0v) is 33.2. The highest BCUT2D eigenvalue weighted by Gasteiger charge is 2.20. The Labute approximate surface area is 321 Å². The summed E-state index contributed by atoms with van der Waals surface area (Å²) in [6.07, 6.45) is 15.3. The van der Waals surface area contributed by atoms with Gasteiger partial charge in [0.05, 0.1) is 0 Å². The Morgan fingerprint density at radius 1 is 0.593 bits per heavy atom. The van der Waals surface area contributed by atoms with Crippen molar-refractivity contribution in [1.82, 2.24) is 0 Å². The van der Waals surface area contributed by atoms with Crippen molar-refractivity contribution in [2.45, 2.75) is 118 Å². The topological polar surface area (TPSA) is 124 Å². The maximum Gasteiger partial charge on any atom is 0.330 e. The minimum Gasteiger partial charge on any atom is -0.489 e. The highest BCUT2D eigenvalue weighted by atomic mass is 16.6. The highest BCUT2D eigenvalue weighted by Crippen LogP contribution is 2.29. The standard InChI is InChI=1S/C44H60O10/c1-9-12-13-14-15-16-17-18-19-20-42(48)54-39(28-50-41(47)11-3)30-52-44-33(6)25-37(26-34(44)7)22-21-36-23-31(4)43(32(5)24-36)51-29-38(53-35(8)45)27-49-40(46)10-2/h10-11,21-26,38-39H,2-3,9,12-20,27-30H2,1,4-8H3/b22-21+. The van der Waals surface area contributed by atoms with Gasteiger partial charge in [0.25, 0.3) is 0 Å². The number of benzene rings is 2. The fourth-order valence-corrected chi connectivity index (χ4v) is 5.92. The molecule has 2 unspecified atom stereocenters. The van der Waals surface area contributed by atoms with Crippen LogP contribution in [0, 0.1) is 27.7 Å². The minimum atomic E-state index is -0.770. The van der Waals surface area contributed by atoms with Crippen LogP contribution in [0.4, 0.5) is 0 Å². The Morgan fingerprint density at radius 3 is 1.37 bits per heavy atom. The van der Waals surface area contributed by atoms with Crippen LogP contribution in [-0.4, -0.2) is 62.5 Å². The van der Waals surface area contributed by atoms with Crippen LogP contribution in [0.2, 0.25) is 0 Å². The third-order valence-electron chi connectivity index (χ3n) is 8.53. The van der Waals surface area contributed by atoms with E-state index in [4.69, 9.17) is 28.4 Å².